The Morgan fingerprint density at radius 1 is 1.06 bits per heavy atom. The van der Waals surface area contributed by atoms with E-state index in [-0.39, 0.29) is 17.6 Å². The molecule has 31 heavy (non-hydrogen) atoms. The first-order valence-corrected chi connectivity index (χ1v) is 10.3. The largest absolute Gasteiger partial charge is 0.467 e. The van der Waals surface area contributed by atoms with Crippen molar-refractivity contribution in [2.75, 3.05) is 10.2 Å². The van der Waals surface area contributed by atoms with Crippen molar-refractivity contribution in [3.63, 3.8) is 0 Å². The lowest BCUT2D eigenvalue weighted by Crippen LogP contribution is -2.38. The minimum absolute atomic E-state index is 0.00707. The normalized spacial score (nSPS) is 20.6. The topological polar surface area (TPSA) is 62.6 Å². The summed E-state index contributed by atoms with van der Waals surface area (Å²) in [7, 11) is 0. The van der Waals surface area contributed by atoms with Crippen molar-refractivity contribution in [2.45, 2.75) is 25.8 Å². The standard InChI is InChI=1S/C25H21FN2O3/c1-15-13-19-23(21(29)14-15)24(22-7-4-12-31-22)28(20-6-3-2-5-18(20)27-19)25(30)16-8-10-17(26)11-9-16/h2-12,15,24,27H,13-14H2,1H3/t15-,24+/m1/s1. The molecule has 2 aromatic carbocycles. The van der Waals surface area contributed by atoms with E-state index in [4.69, 9.17) is 4.42 Å². The number of rotatable bonds is 2. The van der Waals surface area contributed by atoms with Gasteiger partial charge in [0.05, 0.1) is 17.6 Å². The molecule has 0 radical (unpaired) electrons. The number of ketones is 1. The van der Waals surface area contributed by atoms with Crippen LogP contribution in [-0.4, -0.2) is 11.7 Å². The van der Waals surface area contributed by atoms with E-state index in [1.807, 2.05) is 31.2 Å². The number of hydrogen-bond acceptors (Lipinski definition) is 4. The van der Waals surface area contributed by atoms with Crippen LogP contribution in [0.4, 0.5) is 15.8 Å². The summed E-state index contributed by atoms with van der Waals surface area (Å²) in [5.74, 6) is -0.0615. The molecule has 5 rings (SSSR count). The van der Waals surface area contributed by atoms with Gasteiger partial charge >= 0.3 is 0 Å². The fourth-order valence-corrected chi connectivity index (χ4v) is 4.46. The Balaban J connectivity index is 1.76. The fourth-order valence-electron chi connectivity index (χ4n) is 4.46. The number of para-hydroxylation sites is 2. The molecule has 0 saturated heterocycles. The van der Waals surface area contributed by atoms with Crippen molar-refractivity contribution in [3.05, 3.63) is 95.3 Å². The minimum Gasteiger partial charge on any atom is -0.467 e. The number of halogens is 1. The molecule has 5 nitrogen and oxygen atoms in total. The Morgan fingerprint density at radius 3 is 2.58 bits per heavy atom. The Bertz CT molecular complexity index is 1180. The molecule has 1 aliphatic heterocycles. The minimum atomic E-state index is -0.723. The SMILES string of the molecule is C[C@H]1CC(=O)C2=C(C1)Nc1ccccc1N(C(=O)c1ccc(F)cc1)[C@H]2c1ccco1. The van der Waals surface area contributed by atoms with E-state index in [1.54, 1.807) is 17.0 Å². The van der Waals surface area contributed by atoms with E-state index in [0.29, 0.717) is 35.4 Å². The lowest BCUT2D eigenvalue weighted by molar-refractivity contribution is -0.117. The van der Waals surface area contributed by atoms with Crippen LogP contribution in [-0.2, 0) is 4.79 Å². The van der Waals surface area contributed by atoms with Crippen LogP contribution >= 0.6 is 0 Å². The predicted molar refractivity (Wildman–Crippen MR) is 115 cm³/mol. The summed E-state index contributed by atoms with van der Waals surface area (Å²) in [5.41, 5.74) is 3.05. The van der Waals surface area contributed by atoms with Crippen LogP contribution in [0.2, 0.25) is 0 Å². The zero-order chi connectivity index (χ0) is 21.5. The number of allylic oxidation sites excluding steroid dienone is 1. The maximum Gasteiger partial charge on any atom is 0.259 e. The van der Waals surface area contributed by atoms with Crippen LogP contribution in [0.1, 0.15) is 41.9 Å². The number of furan rings is 1. The number of anilines is 2. The van der Waals surface area contributed by atoms with Gasteiger partial charge in [-0.1, -0.05) is 19.1 Å². The first kappa shape index (κ1) is 19.3. The van der Waals surface area contributed by atoms with Crippen LogP contribution in [0.5, 0.6) is 0 Å². The van der Waals surface area contributed by atoms with Gasteiger partial charge in [-0.25, -0.2) is 4.39 Å². The van der Waals surface area contributed by atoms with Crippen LogP contribution in [0.15, 0.2) is 82.6 Å². The van der Waals surface area contributed by atoms with Crippen LogP contribution in [0.25, 0.3) is 0 Å². The molecule has 1 aliphatic carbocycles. The molecule has 2 heterocycles. The highest BCUT2D eigenvalue weighted by molar-refractivity contribution is 6.11. The highest BCUT2D eigenvalue weighted by Gasteiger charge is 2.42. The third-order valence-electron chi connectivity index (χ3n) is 5.82. The summed E-state index contributed by atoms with van der Waals surface area (Å²) in [6.07, 6.45) is 2.65. The molecule has 0 spiro atoms. The van der Waals surface area contributed by atoms with Gasteiger partial charge in [-0.15, -0.1) is 0 Å². The number of Topliss-reactive ketones (excluding diaryl/α,β-unsaturated/α-hetero) is 1. The van der Waals surface area contributed by atoms with Gasteiger partial charge < -0.3 is 9.73 Å². The molecule has 6 heteroatoms. The number of nitrogens with one attached hydrogen (secondary N) is 1. The molecular weight excluding hydrogens is 395 g/mol. The molecular formula is C25H21FN2O3. The summed E-state index contributed by atoms with van der Waals surface area (Å²) < 4.78 is 19.2. The Labute approximate surface area is 179 Å². The second kappa shape index (κ2) is 7.54. The summed E-state index contributed by atoms with van der Waals surface area (Å²) in [6.45, 7) is 2.05. The summed E-state index contributed by atoms with van der Waals surface area (Å²) in [5, 5.41) is 3.42. The van der Waals surface area contributed by atoms with Crippen molar-refractivity contribution >= 4 is 23.1 Å². The van der Waals surface area contributed by atoms with E-state index in [2.05, 4.69) is 5.32 Å². The van der Waals surface area contributed by atoms with Crippen LogP contribution in [0.3, 0.4) is 0 Å². The lowest BCUT2D eigenvalue weighted by Gasteiger charge is -2.33. The number of nitrogens with zero attached hydrogens (tertiary/aromatic N) is 1. The van der Waals surface area contributed by atoms with Gasteiger partial charge in [-0.05, 0) is 60.9 Å². The van der Waals surface area contributed by atoms with Gasteiger partial charge in [0.25, 0.3) is 5.91 Å². The second-order valence-electron chi connectivity index (χ2n) is 8.07. The molecule has 156 valence electrons. The summed E-state index contributed by atoms with van der Waals surface area (Å²) in [4.78, 5) is 28.6. The third-order valence-corrected chi connectivity index (χ3v) is 5.82. The summed E-state index contributed by atoms with van der Waals surface area (Å²) >= 11 is 0. The number of fused-ring (bicyclic) bond motifs is 1. The maximum absolute atomic E-state index is 13.8. The lowest BCUT2D eigenvalue weighted by atomic mass is 9.83. The number of carbonyl (C=O) groups is 2. The Kier molecular flexibility index (Phi) is 4.70. The summed E-state index contributed by atoms with van der Waals surface area (Å²) in [6, 6.07) is 15.7. The van der Waals surface area contributed by atoms with Crippen molar-refractivity contribution in [1.82, 2.24) is 0 Å². The number of benzene rings is 2. The fraction of sp³-hybridized carbons (Fsp3) is 0.200. The van der Waals surface area contributed by atoms with Gasteiger partial charge in [0.1, 0.15) is 17.6 Å². The third kappa shape index (κ3) is 3.34. The van der Waals surface area contributed by atoms with Crippen molar-refractivity contribution < 1.29 is 18.4 Å². The first-order valence-electron chi connectivity index (χ1n) is 10.3. The first-order chi connectivity index (χ1) is 15.0. The van der Waals surface area contributed by atoms with Crippen molar-refractivity contribution in [3.8, 4) is 0 Å². The van der Waals surface area contributed by atoms with Gasteiger partial charge in [-0.3, -0.25) is 14.5 Å². The second-order valence-corrected chi connectivity index (χ2v) is 8.07. The molecule has 2 atom stereocenters. The van der Waals surface area contributed by atoms with Crippen LogP contribution in [0, 0.1) is 11.7 Å². The van der Waals surface area contributed by atoms with Gasteiger partial charge in [0.2, 0.25) is 0 Å². The van der Waals surface area contributed by atoms with E-state index >= 15 is 0 Å². The Morgan fingerprint density at radius 2 is 1.84 bits per heavy atom. The monoisotopic (exact) mass is 416 g/mol. The number of carbonyl (C=O) groups excluding carboxylic acids is 2. The maximum atomic E-state index is 13.8. The molecule has 0 bridgehead atoms. The van der Waals surface area contributed by atoms with E-state index in [0.717, 1.165) is 11.4 Å². The van der Waals surface area contributed by atoms with Crippen LogP contribution < -0.4 is 10.2 Å². The van der Waals surface area contributed by atoms with E-state index < -0.39 is 11.9 Å². The van der Waals surface area contributed by atoms with Crippen molar-refractivity contribution in [1.29, 1.82) is 0 Å². The quantitative estimate of drug-likeness (QED) is 0.600. The highest BCUT2D eigenvalue weighted by Crippen LogP contribution is 2.46. The molecule has 3 aromatic rings. The van der Waals surface area contributed by atoms with Crippen molar-refractivity contribution in [2.24, 2.45) is 5.92 Å². The number of hydrogen-bond donors (Lipinski definition) is 1. The Hall–Kier alpha value is -3.67. The average molecular weight is 416 g/mol. The molecule has 1 amide bonds. The number of amides is 1. The molecule has 2 aliphatic rings. The van der Waals surface area contributed by atoms with E-state index in [1.165, 1.54) is 30.5 Å². The molecule has 0 fully saturated rings. The molecule has 0 unspecified atom stereocenters. The molecule has 1 N–H and O–H groups in total. The van der Waals surface area contributed by atoms with E-state index in [9.17, 15) is 14.0 Å². The molecule has 1 aromatic heterocycles. The van der Waals surface area contributed by atoms with Gasteiger partial charge in [0.15, 0.2) is 5.78 Å². The zero-order valence-electron chi connectivity index (χ0n) is 17.0. The average Bonchev–Trinajstić information content (AvgIpc) is 3.23. The zero-order valence-corrected chi connectivity index (χ0v) is 17.0. The predicted octanol–water partition coefficient (Wildman–Crippen LogP) is 5.49. The van der Waals surface area contributed by atoms with Gasteiger partial charge in [0, 0.05) is 23.3 Å². The van der Waals surface area contributed by atoms with Gasteiger partial charge in [-0.2, -0.15) is 0 Å². The molecule has 0 saturated carbocycles. The smallest absolute Gasteiger partial charge is 0.259 e. The highest BCUT2D eigenvalue weighted by atomic mass is 19.1.